The predicted molar refractivity (Wildman–Crippen MR) is 155 cm³/mol. The van der Waals surface area contributed by atoms with Crippen molar-refractivity contribution in [3.05, 3.63) is 96.2 Å². The van der Waals surface area contributed by atoms with Gasteiger partial charge >= 0.3 is 0 Å². The number of pyridine rings is 2. The maximum atomic E-state index is 13.7. The topological polar surface area (TPSA) is 96.0 Å². The van der Waals surface area contributed by atoms with Crippen LogP contribution in [0.1, 0.15) is 31.7 Å². The van der Waals surface area contributed by atoms with Crippen molar-refractivity contribution in [2.45, 2.75) is 26.2 Å². The molecule has 1 aliphatic carbocycles. The summed E-state index contributed by atoms with van der Waals surface area (Å²) in [5, 5.41) is 9.37. The quantitative estimate of drug-likeness (QED) is 0.251. The lowest BCUT2D eigenvalue weighted by Gasteiger charge is -2.25. The molecule has 0 radical (unpaired) electrons. The van der Waals surface area contributed by atoms with E-state index in [2.05, 4.69) is 25.9 Å². The highest BCUT2D eigenvalue weighted by Gasteiger charge is 2.29. The highest BCUT2D eigenvalue weighted by Crippen LogP contribution is 2.37. The smallest absolute Gasteiger partial charge is 0.256 e. The molecule has 2 aliphatic rings. The van der Waals surface area contributed by atoms with Gasteiger partial charge in [-0.15, -0.1) is 0 Å². The van der Waals surface area contributed by atoms with Gasteiger partial charge in [-0.1, -0.05) is 25.1 Å². The average molecular weight is 534 g/mol. The first-order valence-corrected chi connectivity index (χ1v) is 13.4. The maximum absolute atomic E-state index is 13.7. The SMILES string of the molecule is CCC1=C(C(=O)Nc2ccc(-c3cccc(F)c3)nc2)c2cc(-c3cncc(NC(=O)C4CC4)c3)ccc2NC1. The van der Waals surface area contributed by atoms with Gasteiger partial charge in [-0.3, -0.25) is 19.6 Å². The Morgan fingerprint density at radius 3 is 2.55 bits per heavy atom. The minimum Gasteiger partial charge on any atom is -0.381 e. The number of halogens is 1. The van der Waals surface area contributed by atoms with Gasteiger partial charge in [0.15, 0.2) is 0 Å². The van der Waals surface area contributed by atoms with Crippen LogP contribution in [0.25, 0.3) is 28.0 Å². The van der Waals surface area contributed by atoms with Crippen molar-refractivity contribution in [1.82, 2.24) is 9.97 Å². The summed E-state index contributed by atoms with van der Waals surface area (Å²) in [5.74, 6) is -0.419. The number of nitrogens with one attached hydrogen (secondary N) is 3. The number of anilines is 3. The minimum atomic E-state index is -0.329. The Kier molecular flexibility index (Phi) is 6.82. The Labute approximate surface area is 231 Å². The zero-order valence-corrected chi connectivity index (χ0v) is 22.0. The van der Waals surface area contributed by atoms with E-state index in [-0.39, 0.29) is 23.5 Å². The Morgan fingerprint density at radius 2 is 1.80 bits per heavy atom. The number of carbonyl (C=O) groups is 2. The number of hydrogen-bond acceptors (Lipinski definition) is 5. The summed E-state index contributed by atoms with van der Waals surface area (Å²) in [4.78, 5) is 34.6. The molecule has 0 spiro atoms. The van der Waals surface area contributed by atoms with Gasteiger partial charge in [-0.05, 0) is 72.9 Å². The van der Waals surface area contributed by atoms with Gasteiger partial charge in [0.2, 0.25) is 5.91 Å². The normalized spacial score (nSPS) is 14.2. The first kappa shape index (κ1) is 25.4. The molecular weight excluding hydrogens is 505 g/mol. The average Bonchev–Trinajstić information content (AvgIpc) is 3.83. The van der Waals surface area contributed by atoms with Crippen molar-refractivity contribution in [1.29, 1.82) is 0 Å². The Morgan fingerprint density at radius 1 is 0.925 bits per heavy atom. The molecule has 0 atom stereocenters. The van der Waals surface area contributed by atoms with Crippen LogP contribution in [0, 0.1) is 11.7 Å². The van der Waals surface area contributed by atoms with Crippen LogP contribution in [0.15, 0.2) is 84.8 Å². The van der Waals surface area contributed by atoms with E-state index in [1.54, 1.807) is 42.9 Å². The molecule has 1 fully saturated rings. The summed E-state index contributed by atoms with van der Waals surface area (Å²) < 4.78 is 13.6. The van der Waals surface area contributed by atoms with Crippen LogP contribution in [0.3, 0.4) is 0 Å². The highest BCUT2D eigenvalue weighted by molar-refractivity contribution is 6.28. The van der Waals surface area contributed by atoms with Gasteiger partial charge in [0.25, 0.3) is 5.91 Å². The van der Waals surface area contributed by atoms with E-state index >= 15 is 0 Å². The Bertz CT molecular complexity index is 1640. The summed E-state index contributed by atoms with van der Waals surface area (Å²) in [6.07, 6.45) is 7.55. The maximum Gasteiger partial charge on any atom is 0.256 e. The molecule has 3 heterocycles. The van der Waals surface area contributed by atoms with Gasteiger partial charge in [0.05, 0.1) is 29.5 Å². The molecule has 6 rings (SSSR count). The molecule has 0 saturated heterocycles. The van der Waals surface area contributed by atoms with Gasteiger partial charge in [0.1, 0.15) is 5.82 Å². The highest BCUT2D eigenvalue weighted by atomic mass is 19.1. The standard InChI is InChI=1S/C32H28FN5O2/c1-2-19-16-35-29-10-8-21(23-13-26(17-34-15-23)38-31(39)20-6-7-20)14-27(29)30(19)32(40)37-25-9-11-28(36-18-25)22-4-3-5-24(33)12-22/h3-5,8-15,17-18,20,35H,2,6-7,16H2,1H3,(H,37,40)(H,38,39). The molecule has 200 valence electrons. The lowest BCUT2D eigenvalue weighted by atomic mass is 9.90. The number of carbonyl (C=O) groups excluding carboxylic acids is 2. The monoisotopic (exact) mass is 533 g/mol. The summed E-state index contributed by atoms with van der Waals surface area (Å²) in [5.41, 5.74) is 7.51. The molecule has 40 heavy (non-hydrogen) atoms. The molecule has 7 nitrogen and oxygen atoms in total. The van der Waals surface area contributed by atoms with Gasteiger partial charge in [-0.25, -0.2) is 4.39 Å². The van der Waals surface area contributed by atoms with E-state index in [0.29, 0.717) is 41.2 Å². The fraction of sp³-hybridized carbons (Fsp3) is 0.188. The lowest BCUT2D eigenvalue weighted by Crippen LogP contribution is -2.22. The van der Waals surface area contributed by atoms with E-state index in [9.17, 15) is 14.0 Å². The number of aromatic nitrogens is 2. The second-order valence-electron chi connectivity index (χ2n) is 10.1. The van der Waals surface area contributed by atoms with Crippen molar-refractivity contribution in [3.8, 4) is 22.4 Å². The van der Waals surface area contributed by atoms with E-state index in [4.69, 9.17) is 0 Å². The molecule has 2 amide bonds. The lowest BCUT2D eigenvalue weighted by molar-refractivity contribution is -0.117. The van der Waals surface area contributed by atoms with Crippen LogP contribution < -0.4 is 16.0 Å². The number of benzene rings is 2. The second kappa shape index (κ2) is 10.7. The number of nitrogens with zero attached hydrogens (tertiary/aromatic N) is 2. The van der Waals surface area contributed by atoms with Gasteiger partial charge < -0.3 is 16.0 Å². The molecule has 1 saturated carbocycles. The van der Waals surface area contributed by atoms with Crippen molar-refractivity contribution in [2.75, 3.05) is 22.5 Å². The molecule has 2 aromatic heterocycles. The first-order chi connectivity index (χ1) is 19.5. The van der Waals surface area contributed by atoms with Crippen LogP contribution in [0.5, 0.6) is 0 Å². The first-order valence-electron chi connectivity index (χ1n) is 13.4. The third kappa shape index (κ3) is 5.33. The van der Waals surface area contributed by atoms with Gasteiger partial charge in [0, 0.05) is 46.6 Å². The summed E-state index contributed by atoms with van der Waals surface area (Å²) in [6, 6.07) is 17.6. The van der Waals surface area contributed by atoms with Crippen LogP contribution in [-0.4, -0.2) is 28.3 Å². The fourth-order valence-electron chi connectivity index (χ4n) is 4.89. The largest absolute Gasteiger partial charge is 0.381 e. The third-order valence-corrected chi connectivity index (χ3v) is 7.22. The number of amides is 2. The zero-order chi connectivity index (χ0) is 27.6. The second-order valence-corrected chi connectivity index (χ2v) is 10.1. The molecule has 2 aromatic carbocycles. The third-order valence-electron chi connectivity index (χ3n) is 7.22. The fourth-order valence-corrected chi connectivity index (χ4v) is 4.89. The van der Waals surface area contributed by atoms with Crippen LogP contribution in [0.4, 0.5) is 21.5 Å². The molecule has 8 heteroatoms. The predicted octanol–water partition coefficient (Wildman–Crippen LogP) is 6.53. The van der Waals surface area contributed by atoms with Crippen LogP contribution in [0.2, 0.25) is 0 Å². The minimum absolute atomic E-state index is 0.0292. The van der Waals surface area contributed by atoms with Gasteiger partial charge in [-0.2, -0.15) is 0 Å². The molecule has 0 unspecified atom stereocenters. The Balaban J connectivity index is 1.27. The van der Waals surface area contributed by atoms with Crippen molar-refractivity contribution >= 4 is 34.4 Å². The van der Waals surface area contributed by atoms with Crippen molar-refractivity contribution in [3.63, 3.8) is 0 Å². The number of hydrogen-bond donors (Lipinski definition) is 3. The molecular formula is C32H28FN5O2. The number of rotatable bonds is 7. The van der Waals surface area contributed by atoms with E-state index in [1.807, 2.05) is 31.2 Å². The van der Waals surface area contributed by atoms with Crippen LogP contribution in [-0.2, 0) is 9.59 Å². The Hall–Kier alpha value is -4.85. The summed E-state index contributed by atoms with van der Waals surface area (Å²) in [6.45, 7) is 2.61. The van der Waals surface area contributed by atoms with Crippen molar-refractivity contribution in [2.24, 2.45) is 5.92 Å². The van der Waals surface area contributed by atoms with E-state index in [1.165, 1.54) is 12.1 Å². The summed E-state index contributed by atoms with van der Waals surface area (Å²) >= 11 is 0. The van der Waals surface area contributed by atoms with E-state index in [0.717, 1.165) is 40.8 Å². The molecule has 0 bridgehead atoms. The zero-order valence-electron chi connectivity index (χ0n) is 22.0. The van der Waals surface area contributed by atoms with Crippen molar-refractivity contribution < 1.29 is 14.0 Å². The molecule has 4 aromatic rings. The molecule has 3 N–H and O–H groups in total. The van der Waals surface area contributed by atoms with E-state index < -0.39 is 0 Å². The molecule has 1 aliphatic heterocycles. The van der Waals surface area contributed by atoms with Crippen LogP contribution >= 0.6 is 0 Å². The number of fused-ring (bicyclic) bond motifs is 1. The summed E-state index contributed by atoms with van der Waals surface area (Å²) in [7, 11) is 0.